The maximum absolute atomic E-state index is 4.28. The molecule has 0 aromatic heterocycles. The Morgan fingerprint density at radius 2 is 1.77 bits per heavy atom. The second-order valence-corrected chi connectivity index (χ2v) is 6.99. The molecule has 1 aliphatic rings. The van der Waals surface area contributed by atoms with E-state index in [0.29, 0.717) is 0 Å². The molecule has 2 N–H and O–H groups in total. The number of halogens is 1. The molecule has 0 saturated carbocycles. The third-order valence-corrected chi connectivity index (χ3v) is 4.81. The Balaban J connectivity index is 0.00000441. The van der Waals surface area contributed by atoms with Gasteiger partial charge in [0.15, 0.2) is 5.96 Å². The first-order valence-corrected chi connectivity index (χ1v) is 9.81. The lowest BCUT2D eigenvalue weighted by Gasteiger charge is -2.30. The highest BCUT2D eigenvalue weighted by molar-refractivity contribution is 14.0. The highest BCUT2D eigenvalue weighted by Gasteiger charge is 2.14. The van der Waals surface area contributed by atoms with E-state index in [0.717, 1.165) is 25.0 Å². The van der Waals surface area contributed by atoms with E-state index in [1.807, 2.05) is 18.8 Å². The summed E-state index contributed by atoms with van der Waals surface area (Å²) in [5.41, 5.74) is 0. The van der Waals surface area contributed by atoms with Crippen LogP contribution in [-0.4, -0.2) is 62.6 Å². The molecule has 1 rings (SSSR count). The number of aliphatic imine (C=N–C) groups is 1. The van der Waals surface area contributed by atoms with Crippen molar-refractivity contribution in [3.8, 4) is 0 Å². The van der Waals surface area contributed by atoms with Gasteiger partial charge in [-0.15, -0.1) is 24.0 Å². The van der Waals surface area contributed by atoms with Crippen molar-refractivity contribution in [2.24, 2.45) is 10.9 Å². The molecule has 0 aliphatic carbocycles. The first kappa shape index (κ1) is 22.3. The van der Waals surface area contributed by atoms with Crippen LogP contribution in [0.3, 0.4) is 0 Å². The van der Waals surface area contributed by atoms with Crippen molar-refractivity contribution in [3.05, 3.63) is 0 Å². The van der Waals surface area contributed by atoms with Gasteiger partial charge in [0.25, 0.3) is 0 Å². The number of hydrogen-bond donors (Lipinski definition) is 2. The molecule has 0 amide bonds. The zero-order chi connectivity index (χ0) is 15.3. The van der Waals surface area contributed by atoms with Crippen molar-refractivity contribution in [2.75, 3.05) is 51.8 Å². The summed E-state index contributed by atoms with van der Waals surface area (Å²) < 4.78 is 0. The van der Waals surface area contributed by atoms with Gasteiger partial charge in [-0.05, 0) is 69.7 Å². The fourth-order valence-electron chi connectivity index (χ4n) is 2.59. The average molecular weight is 442 g/mol. The van der Waals surface area contributed by atoms with Crippen LogP contribution in [0.5, 0.6) is 0 Å². The lowest BCUT2D eigenvalue weighted by molar-refractivity contribution is 0.191. The number of nitrogens with one attached hydrogen (secondary N) is 2. The van der Waals surface area contributed by atoms with E-state index in [9.17, 15) is 0 Å². The molecule has 4 nitrogen and oxygen atoms in total. The third-order valence-electron chi connectivity index (χ3n) is 4.11. The largest absolute Gasteiger partial charge is 0.356 e. The zero-order valence-electron chi connectivity index (χ0n) is 14.6. The smallest absolute Gasteiger partial charge is 0.190 e. The number of rotatable bonds is 9. The predicted molar refractivity (Wildman–Crippen MR) is 112 cm³/mol. The van der Waals surface area contributed by atoms with Crippen molar-refractivity contribution < 1.29 is 0 Å². The minimum atomic E-state index is 0. The van der Waals surface area contributed by atoms with Gasteiger partial charge in [0.1, 0.15) is 0 Å². The Morgan fingerprint density at radius 3 is 2.36 bits per heavy atom. The van der Waals surface area contributed by atoms with Crippen molar-refractivity contribution >= 4 is 41.7 Å². The van der Waals surface area contributed by atoms with Crippen molar-refractivity contribution in [2.45, 2.75) is 39.0 Å². The highest BCUT2D eigenvalue weighted by atomic mass is 127. The van der Waals surface area contributed by atoms with E-state index in [4.69, 9.17) is 0 Å². The van der Waals surface area contributed by atoms with E-state index in [-0.39, 0.29) is 24.0 Å². The van der Waals surface area contributed by atoms with Gasteiger partial charge < -0.3 is 15.5 Å². The van der Waals surface area contributed by atoms with Gasteiger partial charge in [-0.25, -0.2) is 0 Å². The predicted octanol–water partition coefficient (Wildman–Crippen LogP) is 3.03. The Kier molecular flexibility index (Phi) is 15.1. The van der Waals surface area contributed by atoms with Crippen LogP contribution < -0.4 is 10.6 Å². The monoisotopic (exact) mass is 442 g/mol. The molecule has 1 heterocycles. The van der Waals surface area contributed by atoms with Gasteiger partial charge in [0.05, 0.1) is 0 Å². The number of nitrogens with zero attached hydrogens (tertiary/aromatic N) is 2. The van der Waals surface area contributed by atoms with Crippen LogP contribution in [0.25, 0.3) is 0 Å². The molecule has 1 aliphatic heterocycles. The maximum Gasteiger partial charge on any atom is 0.190 e. The van der Waals surface area contributed by atoms with Crippen LogP contribution in [-0.2, 0) is 0 Å². The number of thioether (sulfide) groups is 1. The van der Waals surface area contributed by atoms with Crippen LogP contribution in [0.15, 0.2) is 4.99 Å². The molecule has 132 valence electrons. The average Bonchev–Trinajstić information content (AvgIpc) is 2.51. The van der Waals surface area contributed by atoms with Gasteiger partial charge in [-0.2, -0.15) is 11.8 Å². The second-order valence-electron chi connectivity index (χ2n) is 6.00. The molecule has 0 unspecified atom stereocenters. The quantitative estimate of drug-likeness (QED) is 0.249. The van der Waals surface area contributed by atoms with Crippen LogP contribution in [0, 0.1) is 5.92 Å². The summed E-state index contributed by atoms with van der Waals surface area (Å²) in [5, 5.41) is 6.80. The molecule has 1 fully saturated rings. The van der Waals surface area contributed by atoms with Crippen LogP contribution >= 0.6 is 35.7 Å². The van der Waals surface area contributed by atoms with Crippen LogP contribution in [0.2, 0.25) is 0 Å². The molecule has 0 aromatic rings. The van der Waals surface area contributed by atoms with Crippen molar-refractivity contribution in [1.29, 1.82) is 0 Å². The topological polar surface area (TPSA) is 39.7 Å². The molecule has 0 bridgehead atoms. The summed E-state index contributed by atoms with van der Waals surface area (Å²) in [4.78, 5) is 6.87. The van der Waals surface area contributed by atoms with Gasteiger partial charge in [0, 0.05) is 20.1 Å². The number of piperidine rings is 1. The van der Waals surface area contributed by atoms with Gasteiger partial charge in [-0.3, -0.25) is 4.99 Å². The highest BCUT2D eigenvalue weighted by Crippen LogP contribution is 2.15. The van der Waals surface area contributed by atoms with E-state index in [2.05, 4.69) is 33.7 Å². The Labute approximate surface area is 158 Å². The van der Waals surface area contributed by atoms with Crippen LogP contribution in [0.1, 0.15) is 39.0 Å². The normalized spacial score (nSPS) is 17.1. The maximum atomic E-state index is 4.28. The molecule has 1 saturated heterocycles. The SMILES string of the molecule is CN=C(NCCCCSC)NCCCN1CCC(C)CC1.I. The number of unbranched alkanes of at least 4 members (excludes halogenated alkanes) is 1. The third kappa shape index (κ3) is 10.9. The minimum absolute atomic E-state index is 0. The summed E-state index contributed by atoms with van der Waals surface area (Å²) >= 11 is 1.92. The fourth-order valence-corrected chi connectivity index (χ4v) is 3.09. The molecule has 0 spiro atoms. The first-order chi connectivity index (χ1) is 10.3. The molecule has 0 aromatic carbocycles. The van der Waals surface area contributed by atoms with E-state index in [1.54, 1.807) is 0 Å². The molecule has 6 heteroatoms. The minimum Gasteiger partial charge on any atom is -0.356 e. The molecular weight excluding hydrogens is 407 g/mol. The lowest BCUT2D eigenvalue weighted by atomic mass is 9.99. The summed E-state index contributed by atoms with van der Waals surface area (Å²) in [6.45, 7) is 8.17. The van der Waals surface area contributed by atoms with Gasteiger partial charge >= 0.3 is 0 Å². The fraction of sp³-hybridized carbons (Fsp3) is 0.938. The van der Waals surface area contributed by atoms with Crippen molar-refractivity contribution in [1.82, 2.24) is 15.5 Å². The van der Waals surface area contributed by atoms with Crippen LogP contribution in [0.4, 0.5) is 0 Å². The molecule has 22 heavy (non-hydrogen) atoms. The van der Waals surface area contributed by atoms with Gasteiger partial charge in [0.2, 0.25) is 0 Å². The lowest BCUT2D eigenvalue weighted by Crippen LogP contribution is -2.40. The van der Waals surface area contributed by atoms with Crippen molar-refractivity contribution in [3.63, 3.8) is 0 Å². The van der Waals surface area contributed by atoms with Gasteiger partial charge in [-0.1, -0.05) is 6.92 Å². The Morgan fingerprint density at radius 1 is 1.14 bits per heavy atom. The first-order valence-electron chi connectivity index (χ1n) is 8.42. The standard InChI is InChI=1S/C16H34N4S.HI/c1-15-7-12-20(13-8-15)11-6-10-19-16(17-2)18-9-4-5-14-21-3;/h15H,4-14H2,1-3H3,(H2,17,18,19);1H. The Bertz CT molecular complexity index is 281. The summed E-state index contributed by atoms with van der Waals surface area (Å²) in [5.74, 6) is 3.13. The van der Waals surface area contributed by atoms with E-state index >= 15 is 0 Å². The van der Waals surface area contributed by atoms with E-state index < -0.39 is 0 Å². The number of hydrogen-bond acceptors (Lipinski definition) is 3. The summed E-state index contributed by atoms with van der Waals surface area (Å²) in [7, 11) is 1.85. The summed E-state index contributed by atoms with van der Waals surface area (Å²) in [6, 6.07) is 0. The molecule has 0 radical (unpaired) electrons. The second kappa shape index (κ2) is 14.9. The Hall–Kier alpha value is 0.310. The summed E-state index contributed by atoms with van der Waals surface area (Å²) in [6.07, 6.45) is 8.59. The number of guanidine groups is 1. The molecule has 0 atom stereocenters. The van der Waals surface area contributed by atoms with E-state index in [1.165, 1.54) is 57.5 Å². The molecular formula is C16H35IN4S. The zero-order valence-corrected chi connectivity index (χ0v) is 17.7. The number of likely N-dealkylation sites (tertiary alicyclic amines) is 1.